The molecule has 0 radical (unpaired) electrons. The summed E-state index contributed by atoms with van der Waals surface area (Å²) in [6.07, 6.45) is 8.20. The van der Waals surface area contributed by atoms with Crippen molar-refractivity contribution < 1.29 is 14.3 Å². The van der Waals surface area contributed by atoms with Gasteiger partial charge in [-0.2, -0.15) is 0 Å². The molecule has 168 valence electrons. The fraction of sp³-hybridized carbons (Fsp3) is 0.615. The summed E-state index contributed by atoms with van der Waals surface area (Å²) in [6.45, 7) is 1.24. The summed E-state index contributed by atoms with van der Waals surface area (Å²) in [7, 11) is 1.78. The zero-order valence-electron chi connectivity index (χ0n) is 18.7. The van der Waals surface area contributed by atoms with Crippen LogP contribution in [0.4, 0.5) is 0 Å². The molecule has 6 heteroatoms. The minimum atomic E-state index is -0.952. The van der Waals surface area contributed by atoms with Crippen LogP contribution in [0.3, 0.4) is 0 Å². The number of benzene rings is 1. The molecule has 3 fully saturated rings. The monoisotopic (exact) mass is 433 g/mol. The van der Waals surface area contributed by atoms with Gasteiger partial charge in [0.2, 0.25) is 0 Å². The summed E-state index contributed by atoms with van der Waals surface area (Å²) in [4.78, 5) is 20.9. The third kappa shape index (κ3) is 2.94. The van der Waals surface area contributed by atoms with Gasteiger partial charge in [-0.15, -0.1) is 0 Å². The molecule has 2 N–H and O–H groups in total. The van der Waals surface area contributed by atoms with Crippen LogP contribution >= 0.6 is 0 Å². The third-order valence-electron chi connectivity index (χ3n) is 8.31. The molecule has 2 saturated carbocycles. The van der Waals surface area contributed by atoms with E-state index in [0.29, 0.717) is 18.4 Å². The lowest BCUT2D eigenvalue weighted by Gasteiger charge is -2.45. The molecular formula is C26H31N3O3. The summed E-state index contributed by atoms with van der Waals surface area (Å²) in [5.74, 6) is 7.59. The van der Waals surface area contributed by atoms with Gasteiger partial charge in [-0.05, 0) is 74.6 Å². The van der Waals surface area contributed by atoms with Crippen molar-refractivity contribution in [1.82, 2.24) is 4.90 Å². The van der Waals surface area contributed by atoms with Gasteiger partial charge in [0, 0.05) is 30.6 Å². The number of ether oxygens (including phenoxy) is 2. The van der Waals surface area contributed by atoms with Crippen LogP contribution < -0.4 is 5.73 Å². The van der Waals surface area contributed by atoms with E-state index in [1.165, 1.54) is 18.4 Å². The van der Waals surface area contributed by atoms with Crippen molar-refractivity contribution in [2.24, 2.45) is 22.1 Å². The van der Waals surface area contributed by atoms with E-state index in [1.807, 2.05) is 0 Å². The molecule has 0 bridgehead atoms. The van der Waals surface area contributed by atoms with Crippen molar-refractivity contribution in [3.63, 3.8) is 0 Å². The first-order valence-electron chi connectivity index (χ1n) is 12.0. The predicted octanol–water partition coefficient (Wildman–Crippen LogP) is 2.72. The zero-order valence-corrected chi connectivity index (χ0v) is 18.7. The fourth-order valence-corrected chi connectivity index (χ4v) is 6.16. The molecule has 1 aromatic rings. The first-order valence-corrected chi connectivity index (χ1v) is 12.0. The predicted molar refractivity (Wildman–Crippen MR) is 121 cm³/mol. The molecule has 2 heterocycles. The number of aliphatic imine (C=N–C) groups is 1. The number of carbonyl (C=O) groups excluding carboxylic acids is 1. The van der Waals surface area contributed by atoms with Crippen molar-refractivity contribution in [2.75, 3.05) is 20.3 Å². The number of methoxy groups -OCH3 is 1. The van der Waals surface area contributed by atoms with Gasteiger partial charge in [-0.3, -0.25) is 9.69 Å². The van der Waals surface area contributed by atoms with Crippen LogP contribution in [0.1, 0.15) is 61.6 Å². The quantitative estimate of drug-likeness (QED) is 0.744. The Balaban J connectivity index is 1.43. The summed E-state index contributed by atoms with van der Waals surface area (Å²) >= 11 is 0. The highest BCUT2D eigenvalue weighted by Crippen LogP contribution is 2.62. The third-order valence-corrected chi connectivity index (χ3v) is 8.31. The zero-order chi connectivity index (χ0) is 21.9. The number of carbonyl (C=O) groups is 1. The molecule has 2 atom stereocenters. The molecule has 2 aliphatic heterocycles. The van der Waals surface area contributed by atoms with Crippen LogP contribution in [0, 0.1) is 23.2 Å². The van der Waals surface area contributed by atoms with E-state index in [-0.39, 0.29) is 23.5 Å². The molecule has 0 aromatic heterocycles. The van der Waals surface area contributed by atoms with Crippen LogP contribution in [0.25, 0.3) is 0 Å². The Labute approximate surface area is 189 Å². The average Bonchev–Trinajstić information content (AvgIpc) is 3.52. The summed E-state index contributed by atoms with van der Waals surface area (Å²) in [6, 6.07) is 6.40. The lowest BCUT2D eigenvalue weighted by molar-refractivity contribution is -0.141. The standard InChI is InChI=1S/C26H31N3O3/c1-31-20-8-11-25(12-9-20)15-19-7-6-18(5-4-17-2-3-17)14-22(19)26(25)23(30)29(24(27)28-26)16-21-10-13-32-21/h6-7,14,17,20-21H,2-3,8-13,15-16H2,1H3,(H2,27,28)/t20?,21?,25?,26-/m0/s1. The second-order valence-corrected chi connectivity index (χ2v) is 10.2. The number of fused-ring (bicyclic) bond motifs is 3. The highest BCUT2D eigenvalue weighted by atomic mass is 16.5. The normalized spacial score (nSPS) is 35.5. The number of hydrogen-bond donors (Lipinski definition) is 1. The van der Waals surface area contributed by atoms with Crippen molar-refractivity contribution >= 4 is 11.9 Å². The Morgan fingerprint density at radius 1 is 1.25 bits per heavy atom. The number of nitrogens with two attached hydrogens (primary N) is 1. The maximum atomic E-state index is 14.2. The van der Waals surface area contributed by atoms with Crippen molar-refractivity contribution in [3.05, 3.63) is 34.9 Å². The Kier molecular flexibility index (Phi) is 4.64. The van der Waals surface area contributed by atoms with E-state index in [9.17, 15) is 4.79 Å². The Hall–Kier alpha value is -2.36. The Bertz CT molecular complexity index is 1040. The maximum absolute atomic E-state index is 14.2. The Morgan fingerprint density at radius 3 is 2.69 bits per heavy atom. The van der Waals surface area contributed by atoms with Gasteiger partial charge < -0.3 is 15.2 Å². The van der Waals surface area contributed by atoms with Gasteiger partial charge in [0.05, 0.1) is 18.8 Å². The second kappa shape index (κ2) is 7.33. The van der Waals surface area contributed by atoms with Crippen LogP contribution in [0.5, 0.6) is 0 Å². The van der Waals surface area contributed by atoms with Crippen molar-refractivity contribution in [1.29, 1.82) is 0 Å². The molecular weight excluding hydrogens is 402 g/mol. The van der Waals surface area contributed by atoms with E-state index in [0.717, 1.165) is 56.3 Å². The summed E-state index contributed by atoms with van der Waals surface area (Å²) < 4.78 is 11.3. The molecule has 1 aromatic carbocycles. The number of hydrogen-bond acceptors (Lipinski definition) is 5. The van der Waals surface area contributed by atoms with E-state index < -0.39 is 5.54 Å². The number of amides is 1. The van der Waals surface area contributed by atoms with E-state index in [2.05, 4.69) is 30.0 Å². The van der Waals surface area contributed by atoms with Gasteiger partial charge in [0.25, 0.3) is 5.91 Å². The van der Waals surface area contributed by atoms with Gasteiger partial charge in [-0.25, -0.2) is 4.99 Å². The molecule has 3 aliphatic carbocycles. The van der Waals surface area contributed by atoms with Crippen molar-refractivity contribution in [2.45, 2.75) is 69.1 Å². The van der Waals surface area contributed by atoms with E-state index in [4.69, 9.17) is 20.2 Å². The molecule has 1 unspecified atom stereocenters. The second-order valence-electron chi connectivity index (χ2n) is 10.2. The van der Waals surface area contributed by atoms with Crippen LogP contribution in [0.2, 0.25) is 0 Å². The molecule has 6 nitrogen and oxygen atoms in total. The molecule has 1 saturated heterocycles. The Morgan fingerprint density at radius 2 is 2.03 bits per heavy atom. The number of rotatable bonds is 3. The SMILES string of the molecule is COC1CCC2(CC1)Cc1ccc(C#CC3CC3)cc1[C@@]21N=C(N)N(CC2CCO2)C1=O. The van der Waals surface area contributed by atoms with E-state index in [1.54, 1.807) is 12.0 Å². The van der Waals surface area contributed by atoms with Gasteiger partial charge in [0.1, 0.15) is 0 Å². The molecule has 1 amide bonds. The molecule has 6 rings (SSSR count). The highest BCUT2D eigenvalue weighted by molar-refractivity contribution is 6.08. The molecule has 2 spiro atoms. The molecule has 5 aliphatic rings. The van der Waals surface area contributed by atoms with Gasteiger partial charge >= 0.3 is 0 Å². The molecule has 32 heavy (non-hydrogen) atoms. The number of nitrogens with zero attached hydrogens (tertiary/aromatic N) is 2. The fourth-order valence-electron chi connectivity index (χ4n) is 6.16. The van der Waals surface area contributed by atoms with Gasteiger partial charge in [0.15, 0.2) is 11.5 Å². The van der Waals surface area contributed by atoms with Crippen LogP contribution in [-0.4, -0.2) is 49.2 Å². The van der Waals surface area contributed by atoms with Crippen LogP contribution in [-0.2, 0) is 26.2 Å². The van der Waals surface area contributed by atoms with Gasteiger partial charge in [-0.1, -0.05) is 17.9 Å². The minimum Gasteiger partial charge on any atom is -0.381 e. The van der Waals surface area contributed by atoms with E-state index >= 15 is 0 Å². The summed E-state index contributed by atoms with van der Waals surface area (Å²) in [5.41, 5.74) is 8.43. The summed E-state index contributed by atoms with van der Waals surface area (Å²) in [5, 5.41) is 0. The lowest BCUT2D eigenvalue weighted by atomic mass is 9.61. The smallest absolute Gasteiger partial charge is 0.262 e. The van der Waals surface area contributed by atoms with Crippen molar-refractivity contribution in [3.8, 4) is 11.8 Å². The highest BCUT2D eigenvalue weighted by Gasteiger charge is 2.66. The minimum absolute atomic E-state index is 0.0208. The topological polar surface area (TPSA) is 77.2 Å². The lowest BCUT2D eigenvalue weighted by Crippen LogP contribution is -2.54. The first kappa shape index (κ1) is 20.3. The average molecular weight is 434 g/mol. The largest absolute Gasteiger partial charge is 0.381 e. The first-order chi connectivity index (χ1) is 15.5. The maximum Gasteiger partial charge on any atom is 0.262 e. The van der Waals surface area contributed by atoms with Crippen LogP contribution in [0.15, 0.2) is 23.2 Å². The number of guanidine groups is 1.